The van der Waals surface area contributed by atoms with E-state index >= 15 is 0 Å². The minimum Gasteiger partial charge on any atom is -0.392 e. The molecule has 1 aromatic rings. The normalized spacial score (nSPS) is 25.3. The molecule has 1 aliphatic carbocycles. The van der Waals surface area contributed by atoms with Crippen molar-refractivity contribution in [3.8, 4) is 0 Å². The third kappa shape index (κ3) is 2.07. The lowest BCUT2D eigenvalue weighted by molar-refractivity contribution is -0.385. The summed E-state index contributed by atoms with van der Waals surface area (Å²) in [6, 6.07) is 6.73. The van der Waals surface area contributed by atoms with Crippen molar-refractivity contribution in [2.75, 3.05) is 0 Å². The second kappa shape index (κ2) is 4.61. The highest BCUT2D eigenvalue weighted by Gasteiger charge is 2.29. The van der Waals surface area contributed by atoms with E-state index in [2.05, 4.69) is 0 Å². The maximum atomic E-state index is 10.9. The Morgan fingerprint density at radius 2 is 1.94 bits per heavy atom. The van der Waals surface area contributed by atoms with Crippen LogP contribution < -0.4 is 0 Å². The molecule has 2 atom stereocenters. The van der Waals surface area contributed by atoms with Gasteiger partial charge >= 0.3 is 0 Å². The van der Waals surface area contributed by atoms with Crippen LogP contribution in [0.4, 0.5) is 5.69 Å². The molecule has 1 fully saturated rings. The minimum atomic E-state index is -0.435. The lowest BCUT2D eigenvalue weighted by atomic mass is 9.81. The molecule has 0 amide bonds. The molecule has 0 aliphatic heterocycles. The fraction of sp³-hybridized carbons (Fsp3) is 0.500. The Bertz CT molecular complexity index is 392. The lowest BCUT2D eigenvalue weighted by Crippen LogP contribution is -2.23. The van der Waals surface area contributed by atoms with Gasteiger partial charge in [0.2, 0.25) is 0 Å². The maximum Gasteiger partial charge on any atom is 0.272 e. The molecule has 1 saturated carbocycles. The van der Waals surface area contributed by atoms with E-state index in [1.165, 1.54) is 6.07 Å². The van der Waals surface area contributed by atoms with Gasteiger partial charge in [-0.1, -0.05) is 31.0 Å². The Hall–Kier alpha value is -1.42. The number of aliphatic hydroxyl groups excluding tert-OH is 1. The van der Waals surface area contributed by atoms with E-state index in [1.54, 1.807) is 18.2 Å². The summed E-state index contributed by atoms with van der Waals surface area (Å²) in [4.78, 5) is 10.5. The van der Waals surface area contributed by atoms with Gasteiger partial charge in [-0.3, -0.25) is 10.1 Å². The van der Waals surface area contributed by atoms with Crippen LogP contribution in [-0.2, 0) is 0 Å². The Morgan fingerprint density at radius 1 is 1.25 bits per heavy atom. The highest BCUT2D eigenvalue weighted by Crippen LogP contribution is 2.37. The molecule has 1 N–H and O–H groups in total. The molecule has 0 heterocycles. The fourth-order valence-electron chi connectivity index (χ4n) is 2.44. The Labute approximate surface area is 94.1 Å². The molecule has 1 aromatic carbocycles. The third-order valence-corrected chi connectivity index (χ3v) is 3.26. The van der Waals surface area contributed by atoms with Crippen LogP contribution in [-0.4, -0.2) is 16.1 Å². The average Bonchev–Trinajstić information content (AvgIpc) is 2.29. The van der Waals surface area contributed by atoms with Crippen LogP contribution in [0.1, 0.15) is 37.2 Å². The number of nitro benzene ring substituents is 1. The molecular formula is C12H15NO3. The summed E-state index contributed by atoms with van der Waals surface area (Å²) in [6.45, 7) is 0. The molecule has 0 aromatic heterocycles. The summed E-state index contributed by atoms with van der Waals surface area (Å²) >= 11 is 0. The molecule has 0 saturated heterocycles. The second-order valence-corrected chi connectivity index (χ2v) is 4.27. The van der Waals surface area contributed by atoms with Crippen LogP contribution in [0.2, 0.25) is 0 Å². The van der Waals surface area contributed by atoms with Gasteiger partial charge in [-0.05, 0) is 12.8 Å². The molecule has 0 bridgehead atoms. The van der Waals surface area contributed by atoms with Crippen molar-refractivity contribution in [2.24, 2.45) is 0 Å². The predicted molar refractivity (Wildman–Crippen MR) is 60.3 cm³/mol. The molecule has 1 aliphatic rings. The number of benzene rings is 1. The number of para-hydroxylation sites is 1. The number of aliphatic hydroxyl groups is 1. The van der Waals surface area contributed by atoms with Crippen molar-refractivity contribution >= 4 is 5.69 Å². The van der Waals surface area contributed by atoms with Crippen LogP contribution >= 0.6 is 0 Å². The molecule has 4 heteroatoms. The fourth-order valence-corrected chi connectivity index (χ4v) is 2.44. The average molecular weight is 221 g/mol. The first-order valence-electron chi connectivity index (χ1n) is 5.61. The van der Waals surface area contributed by atoms with Gasteiger partial charge in [0.25, 0.3) is 5.69 Å². The van der Waals surface area contributed by atoms with Gasteiger partial charge in [0.1, 0.15) is 0 Å². The van der Waals surface area contributed by atoms with Crippen LogP contribution in [0.15, 0.2) is 24.3 Å². The number of hydrogen-bond acceptors (Lipinski definition) is 3. The van der Waals surface area contributed by atoms with Crippen molar-refractivity contribution in [3.63, 3.8) is 0 Å². The van der Waals surface area contributed by atoms with Crippen LogP contribution in [0.25, 0.3) is 0 Å². The summed E-state index contributed by atoms with van der Waals surface area (Å²) in [5, 5.41) is 20.8. The van der Waals surface area contributed by atoms with E-state index in [1.807, 2.05) is 0 Å². The topological polar surface area (TPSA) is 63.4 Å². The maximum absolute atomic E-state index is 10.9. The number of nitrogens with zero attached hydrogens (tertiary/aromatic N) is 1. The zero-order valence-corrected chi connectivity index (χ0v) is 9.00. The highest BCUT2D eigenvalue weighted by molar-refractivity contribution is 5.43. The summed E-state index contributed by atoms with van der Waals surface area (Å²) in [7, 11) is 0. The summed E-state index contributed by atoms with van der Waals surface area (Å²) in [5.41, 5.74) is 0.813. The standard InChI is InChI=1S/C12H15NO3/c14-12-8-4-2-6-10(12)9-5-1-3-7-11(9)13(15)16/h1,3,5,7,10,12,14H,2,4,6,8H2. The van der Waals surface area contributed by atoms with Gasteiger partial charge < -0.3 is 5.11 Å². The van der Waals surface area contributed by atoms with E-state index in [9.17, 15) is 15.2 Å². The SMILES string of the molecule is O=[N+]([O-])c1ccccc1C1CCCCC1O. The molecule has 0 radical (unpaired) electrons. The quantitative estimate of drug-likeness (QED) is 0.616. The Balaban J connectivity index is 2.34. The monoisotopic (exact) mass is 221 g/mol. The molecule has 86 valence electrons. The van der Waals surface area contributed by atoms with E-state index in [0.29, 0.717) is 5.56 Å². The van der Waals surface area contributed by atoms with Crippen molar-refractivity contribution in [2.45, 2.75) is 37.7 Å². The van der Waals surface area contributed by atoms with Crippen LogP contribution in [0.5, 0.6) is 0 Å². The molecule has 16 heavy (non-hydrogen) atoms. The van der Waals surface area contributed by atoms with Gasteiger partial charge in [-0.2, -0.15) is 0 Å². The smallest absolute Gasteiger partial charge is 0.272 e. The van der Waals surface area contributed by atoms with E-state index in [0.717, 1.165) is 25.7 Å². The summed E-state index contributed by atoms with van der Waals surface area (Å²) in [5.74, 6) is -0.0738. The third-order valence-electron chi connectivity index (χ3n) is 3.26. The van der Waals surface area contributed by atoms with E-state index in [-0.39, 0.29) is 16.5 Å². The van der Waals surface area contributed by atoms with Crippen molar-refractivity contribution in [3.05, 3.63) is 39.9 Å². The molecule has 4 nitrogen and oxygen atoms in total. The first-order chi connectivity index (χ1) is 7.70. The second-order valence-electron chi connectivity index (χ2n) is 4.27. The molecule has 0 spiro atoms. The van der Waals surface area contributed by atoms with Gasteiger partial charge in [0.15, 0.2) is 0 Å². The largest absolute Gasteiger partial charge is 0.392 e. The summed E-state index contributed by atoms with van der Waals surface area (Å²) in [6.07, 6.45) is 3.20. The van der Waals surface area contributed by atoms with Crippen molar-refractivity contribution in [1.29, 1.82) is 0 Å². The molecule has 2 unspecified atom stereocenters. The molecular weight excluding hydrogens is 206 g/mol. The highest BCUT2D eigenvalue weighted by atomic mass is 16.6. The zero-order chi connectivity index (χ0) is 11.5. The van der Waals surface area contributed by atoms with Crippen LogP contribution in [0.3, 0.4) is 0 Å². The zero-order valence-electron chi connectivity index (χ0n) is 9.00. The Kier molecular flexibility index (Phi) is 3.19. The first kappa shape index (κ1) is 11.1. The van der Waals surface area contributed by atoms with E-state index in [4.69, 9.17) is 0 Å². The van der Waals surface area contributed by atoms with Crippen molar-refractivity contribution < 1.29 is 10.0 Å². The molecule has 2 rings (SSSR count). The Morgan fingerprint density at radius 3 is 2.62 bits per heavy atom. The van der Waals surface area contributed by atoms with Gasteiger partial charge in [0.05, 0.1) is 11.0 Å². The number of nitro groups is 1. The number of hydrogen-bond donors (Lipinski definition) is 1. The minimum absolute atomic E-state index is 0.0738. The first-order valence-corrected chi connectivity index (χ1v) is 5.61. The van der Waals surface area contributed by atoms with Crippen LogP contribution in [0, 0.1) is 10.1 Å². The van der Waals surface area contributed by atoms with Gasteiger partial charge in [-0.25, -0.2) is 0 Å². The van der Waals surface area contributed by atoms with E-state index < -0.39 is 6.10 Å². The van der Waals surface area contributed by atoms with Crippen molar-refractivity contribution in [1.82, 2.24) is 0 Å². The lowest BCUT2D eigenvalue weighted by Gasteiger charge is -2.27. The van der Waals surface area contributed by atoms with Gasteiger partial charge in [0, 0.05) is 17.5 Å². The number of rotatable bonds is 2. The summed E-state index contributed by atoms with van der Waals surface area (Å²) < 4.78 is 0. The van der Waals surface area contributed by atoms with Gasteiger partial charge in [-0.15, -0.1) is 0 Å². The predicted octanol–water partition coefficient (Wildman–Crippen LogP) is 2.61.